The molecule has 0 spiro atoms. The minimum Gasteiger partial charge on any atom is -0.352 e. The van der Waals surface area contributed by atoms with Gasteiger partial charge in [0.25, 0.3) is 5.91 Å². The third-order valence-corrected chi connectivity index (χ3v) is 3.21. The zero-order valence-corrected chi connectivity index (χ0v) is 13.4. The fraction of sp³-hybridized carbons (Fsp3) is 0.333. The van der Waals surface area contributed by atoms with Crippen LogP contribution in [0.25, 0.3) is 5.69 Å². The van der Waals surface area contributed by atoms with Crippen LogP contribution in [0.3, 0.4) is 0 Å². The van der Waals surface area contributed by atoms with E-state index in [-0.39, 0.29) is 24.1 Å². The smallest absolute Gasteiger partial charge is 0.254 e. The number of carbonyl (C=O) groups is 1. The maximum atomic E-state index is 12.9. The average molecular weight is 327 g/mol. The van der Waals surface area contributed by atoms with E-state index in [9.17, 15) is 9.18 Å². The molecule has 2 aromatic rings. The Kier molecular flexibility index (Phi) is 7.01. The van der Waals surface area contributed by atoms with E-state index in [1.165, 1.54) is 18.3 Å². The van der Waals surface area contributed by atoms with Gasteiger partial charge in [0.05, 0.1) is 23.1 Å². The molecule has 0 fully saturated rings. The normalized spacial score (nSPS) is 10.1. The van der Waals surface area contributed by atoms with E-state index >= 15 is 0 Å². The number of benzene rings is 1. The minimum absolute atomic E-state index is 0. The van der Waals surface area contributed by atoms with Crippen LogP contribution < -0.4 is 10.6 Å². The summed E-state index contributed by atoms with van der Waals surface area (Å²) in [5.74, 6) is -0.442. The number of hydrogen-bond donors (Lipinski definition) is 2. The van der Waals surface area contributed by atoms with E-state index in [0.717, 1.165) is 24.3 Å². The largest absolute Gasteiger partial charge is 0.352 e. The van der Waals surface area contributed by atoms with Gasteiger partial charge in [0.15, 0.2) is 0 Å². The second kappa shape index (κ2) is 8.51. The SMILES string of the molecule is CNCCCNC(=O)c1cnn(-c2ccc(F)cc2)c1C.Cl. The van der Waals surface area contributed by atoms with Gasteiger partial charge in [-0.15, -0.1) is 12.4 Å². The Labute approximate surface area is 135 Å². The summed E-state index contributed by atoms with van der Waals surface area (Å²) >= 11 is 0. The maximum absolute atomic E-state index is 12.9. The van der Waals surface area contributed by atoms with Gasteiger partial charge >= 0.3 is 0 Å². The van der Waals surface area contributed by atoms with Crippen LogP contribution in [-0.2, 0) is 0 Å². The molecule has 1 heterocycles. The summed E-state index contributed by atoms with van der Waals surface area (Å²) in [5, 5.41) is 10.1. The first kappa shape index (κ1) is 18.1. The van der Waals surface area contributed by atoms with Crippen molar-refractivity contribution in [1.82, 2.24) is 20.4 Å². The highest BCUT2D eigenvalue weighted by Crippen LogP contribution is 2.14. The van der Waals surface area contributed by atoms with Crippen molar-refractivity contribution in [3.05, 3.63) is 47.5 Å². The van der Waals surface area contributed by atoms with E-state index < -0.39 is 0 Å². The van der Waals surface area contributed by atoms with Crippen molar-refractivity contribution in [1.29, 1.82) is 0 Å². The number of rotatable bonds is 6. The topological polar surface area (TPSA) is 58.9 Å². The van der Waals surface area contributed by atoms with Gasteiger partial charge in [-0.25, -0.2) is 9.07 Å². The minimum atomic E-state index is -0.300. The van der Waals surface area contributed by atoms with E-state index in [1.54, 1.807) is 16.8 Å². The predicted molar refractivity (Wildman–Crippen MR) is 86.4 cm³/mol. The van der Waals surface area contributed by atoms with Gasteiger partial charge in [-0.1, -0.05) is 0 Å². The first-order chi connectivity index (χ1) is 10.1. The third kappa shape index (κ3) is 4.29. The maximum Gasteiger partial charge on any atom is 0.254 e. The van der Waals surface area contributed by atoms with Crippen LogP contribution >= 0.6 is 12.4 Å². The van der Waals surface area contributed by atoms with Crippen LogP contribution in [-0.4, -0.2) is 35.8 Å². The van der Waals surface area contributed by atoms with Crippen molar-refractivity contribution in [2.45, 2.75) is 13.3 Å². The molecule has 0 aliphatic rings. The molecule has 120 valence electrons. The first-order valence-corrected chi connectivity index (χ1v) is 6.87. The molecule has 0 atom stereocenters. The summed E-state index contributed by atoms with van der Waals surface area (Å²) < 4.78 is 14.6. The molecule has 7 heteroatoms. The van der Waals surface area contributed by atoms with Crippen molar-refractivity contribution >= 4 is 18.3 Å². The second-order valence-electron chi connectivity index (χ2n) is 4.74. The molecule has 1 aromatic heterocycles. The van der Waals surface area contributed by atoms with E-state index in [1.807, 2.05) is 14.0 Å². The van der Waals surface area contributed by atoms with Crippen LogP contribution in [0.4, 0.5) is 4.39 Å². The fourth-order valence-electron chi connectivity index (χ4n) is 2.04. The van der Waals surface area contributed by atoms with Crippen molar-refractivity contribution < 1.29 is 9.18 Å². The van der Waals surface area contributed by atoms with Gasteiger partial charge in [0.1, 0.15) is 5.82 Å². The lowest BCUT2D eigenvalue weighted by atomic mass is 10.2. The number of halogens is 2. The lowest BCUT2D eigenvalue weighted by Crippen LogP contribution is -2.26. The van der Waals surface area contributed by atoms with Crippen molar-refractivity contribution in [3.8, 4) is 5.69 Å². The molecule has 2 rings (SSSR count). The highest BCUT2D eigenvalue weighted by molar-refractivity contribution is 5.95. The van der Waals surface area contributed by atoms with E-state index in [0.29, 0.717) is 12.1 Å². The van der Waals surface area contributed by atoms with Crippen molar-refractivity contribution in [3.63, 3.8) is 0 Å². The molecule has 0 saturated carbocycles. The summed E-state index contributed by atoms with van der Waals surface area (Å²) in [7, 11) is 1.87. The Hall–Kier alpha value is -1.92. The van der Waals surface area contributed by atoms with Gasteiger partial charge in [-0.05, 0) is 51.2 Å². The molecule has 1 aromatic carbocycles. The highest BCUT2D eigenvalue weighted by atomic mass is 35.5. The Morgan fingerprint density at radius 2 is 1.95 bits per heavy atom. The molecule has 0 aliphatic carbocycles. The number of nitrogens with one attached hydrogen (secondary N) is 2. The summed E-state index contributed by atoms with van der Waals surface area (Å²) in [5.41, 5.74) is 1.99. The highest BCUT2D eigenvalue weighted by Gasteiger charge is 2.14. The number of hydrogen-bond acceptors (Lipinski definition) is 3. The van der Waals surface area contributed by atoms with Gasteiger partial charge in [0.2, 0.25) is 0 Å². The molecule has 1 amide bonds. The molecule has 0 aliphatic heterocycles. The molecule has 0 radical (unpaired) electrons. The lowest BCUT2D eigenvalue weighted by molar-refractivity contribution is 0.0952. The van der Waals surface area contributed by atoms with Gasteiger partial charge in [-0.2, -0.15) is 5.10 Å². The molecular weight excluding hydrogens is 307 g/mol. The van der Waals surface area contributed by atoms with E-state index in [4.69, 9.17) is 0 Å². The van der Waals surface area contributed by atoms with Crippen LogP contribution in [0.15, 0.2) is 30.5 Å². The van der Waals surface area contributed by atoms with Gasteiger partial charge < -0.3 is 10.6 Å². The van der Waals surface area contributed by atoms with E-state index in [2.05, 4.69) is 15.7 Å². The Bertz CT molecular complexity index is 613. The second-order valence-corrected chi connectivity index (χ2v) is 4.74. The van der Waals surface area contributed by atoms with Crippen LogP contribution in [0.5, 0.6) is 0 Å². The number of amides is 1. The van der Waals surface area contributed by atoms with Crippen molar-refractivity contribution in [2.75, 3.05) is 20.1 Å². The first-order valence-electron chi connectivity index (χ1n) is 6.87. The molecule has 5 nitrogen and oxygen atoms in total. The predicted octanol–water partition coefficient (Wildman–Crippen LogP) is 2.08. The number of aromatic nitrogens is 2. The summed E-state index contributed by atoms with van der Waals surface area (Å²) in [6.07, 6.45) is 2.40. The van der Waals surface area contributed by atoms with Gasteiger partial charge in [0, 0.05) is 6.54 Å². The monoisotopic (exact) mass is 326 g/mol. The summed E-state index contributed by atoms with van der Waals surface area (Å²) in [6, 6.07) is 6.00. The zero-order chi connectivity index (χ0) is 15.2. The average Bonchev–Trinajstić information content (AvgIpc) is 2.86. The Balaban J connectivity index is 0.00000242. The summed E-state index contributed by atoms with van der Waals surface area (Å²) in [6.45, 7) is 3.29. The molecule has 2 N–H and O–H groups in total. The molecule has 0 bridgehead atoms. The standard InChI is InChI=1S/C15H19FN4O.ClH/c1-11-14(15(21)18-9-3-8-17-2)10-19-20(11)13-6-4-12(16)5-7-13;/h4-7,10,17H,3,8-9H2,1-2H3,(H,18,21);1H. The summed E-state index contributed by atoms with van der Waals surface area (Å²) in [4.78, 5) is 12.1. The fourth-order valence-corrected chi connectivity index (χ4v) is 2.04. The molecule has 0 saturated heterocycles. The van der Waals surface area contributed by atoms with Crippen molar-refractivity contribution in [2.24, 2.45) is 0 Å². The Morgan fingerprint density at radius 1 is 1.27 bits per heavy atom. The zero-order valence-electron chi connectivity index (χ0n) is 12.6. The molecule has 22 heavy (non-hydrogen) atoms. The van der Waals surface area contributed by atoms with Crippen LogP contribution in [0.2, 0.25) is 0 Å². The molecule has 0 unspecified atom stereocenters. The number of nitrogens with zero attached hydrogens (tertiary/aromatic N) is 2. The lowest BCUT2D eigenvalue weighted by Gasteiger charge is -2.06. The van der Waals surface area contributed by atoms with Crippen LogP contribution in [0.1, 0.15) is 22.5 Å². The number of carbonyl (C=O) groups excluding carboxylic acids is 1. The Morgan fingerprint density at radius 3 is 2.59 bits per heavy atom. The third-order valence-electron chi connectivity index (χ3n) is 3.21. The quantitative estimate of drug-likeness (QED) is 0.799. The molecular formula is C15H20ClFN4O. The van der Waals surface area contributed by atoms with Gasteiger partial charge in [-0.3, -0.25) is 4.79 Å². The van der Waals surface area contributed by atoms with Crippen LogP contribution in [0, 0.1) is 12.7 Å².